The van der Waals surface area contributed by atoms with Crippen molar-refractivity contribution in [1.82, 2.24) is 0 Å². The maximum absolute atomic E-state index is 12.8. The van der Waals surface area contributed by atoms with Gasteiger partial charge in [-0.15, -0.1) is 0 Å². The molecular weight excluding hydrogens is 357 g/mol. The molecule has 134 valence electrons. The van der Waals surface area contributed by atoms with Crippen LogP contribution in [0.3, 0.4) is 0 Å². The van der Waals surface area contributed by atoms with Crippen LogP contribution in [-0.4, -0.2) is 19.1 Å². The van der Waals surface area contributed by atoms with Gasteiger partial charge in [-0.05, 0) is 49.4 Å². The first-order valence-corrected chi connectivity index (χ1v) is 7.80. The molecule has 8 heteroatoms. The van der Waals surface area contributed by atoms with Gasteiger partial charge in [0.05, 0.1) is 23.7 Å². The van der Waals surface area contributed by atoms with Gasteiger partial charge in [0.2, 0.25) is 5.91 Å². The Morgan fingerprint density at radius 1 is 1.12 bits per heavy atom. The minimum Gasteiger partial charge on any atom is -0.494 e. The Balaban J connectivity index is 1.94. The summed E-state index contributed by atoms with van der Waals surface area (Å²) >= 11 is 5.54. The number of ether oxygens (including phenoxy) is 1. The summed E-state index contributed by atoms with van der Waals surface area (Å²) < 4.78 is 43.7. The molecule has 0 aromatic heterocycles. The summed E-state index contributed by atoms with van der Waals surface area (Å²) in [6.07, 6.45) is -4.58. The van der Waals surface area contributed by atoms with Crippen molar-refractivity contribution in [2.45, 2.75) is 13.1 Å². The number of halogens is 4. The van der Waals surface area contributed by atoms with E-state index >= 15 is 0 Å². The number of amides is 1. The molecule has 0 heterocycles. The molecule has 4 nitrogen and oxygen atoms in total. The Morgan fingerprint density at radius 2 is 1.76 bits per heavy atom. The van der Waals surface area contributed by atoms with E-state index in [1.54, 1.807) is 24.3 Å². The molecule has 0 aliphatic rings. The van der Waals surface area contributed by atoms with Gasteiger partial charge in [0.1, 0.15) is 5.75 Å². The molecule has 0 bridgehead atoms. The van der Waals surface area contributed by atoms with Crippen LogP contribution >= 0.6 is 11.6 Å². The summed E-state index contributed by atoms with van der Waals surface area (Å²) in [5.74, 6) is 0.225. The summed E-state index contributed by atoms with van der Waals surface area (Å²) in [5, 5.41) is 4.85. The van der Waals surface area contributed by atoms with Crippen molar-refractivity contribution in [3.63, 3.8) is 0 Å². The minimum absolute atomic E-state index is 0.0234. The zero-order valence-corrected chi connectivity index (χ0v) is 14.0. The normalized spacial score (nSPS) is 11.1. The van der Waals surface area contributed by atoms with Crippen molar-refractivity contribution < 1.29 is 22.7 Å². The third-order valence-corrected chi connectivity index (χ3v) is 3.50. The van der Waals surface area contributed by atoms with Crippen LogP contribution in [0.1, 0.15) is 12.5 Å². The van der Waals surface area contributed by atoms with Crippen LogP contribution in [0.15, 0.2) is 42.5 Å². The summed E-state index contributed by atoms with van der Waals surface area (Å²) in [4.78, 5) is 11.9. The summed E-state index contributed by atoms with van der Waals surface area (Å²) in [6.45, 7) is 2.33. The van der Waals surface area contributed by atoms with Crippen LogP contribution in [0.25, 0.3) is 0 Å². The average Bonchev–Trinajstić information content (AvgIpc) is 2.55. The van der Waals surface area contributed by atoms with Crippen LogP contribution in [0.5, 0.6) is 5.75 Å². The Kier molecular flexibility index (Phi) is 6.14. The van der Waals surface area contributed by atoms with Gasteiger partial charge in [-0.1, -0.05) is 11.6 Å². The zero-order valence-electron chi connectivity index (χ0n) is 13.3. The lowest BCUT2D eigenvalue weighted by atomic mass is 10.2. The number of hydrogen-bond donors (Lipinski definition) is 2. The number of anilines is 2. The van der Waals surface area contributed by atoms with Gasteiger partial charge in [-0.2, -0.15) is 13.2 Å². The SMILES string of the molecule is CCOc1ccc(NCC(=O)Nc2ccc(Cl)c(C(F)(F)F)c2)cc1. The quantitative estimate of drug-likeness (QED) is 0.765. The van der Waals surface area contributed by atoms with Gasteiger partial charge < -0.3 is 15.4 Å². The minimum atomic E-state index is -4.58. The number of rotatable bonds is 6. The number of hydrogen-bond acceptors (Lipinski definition) is 3. The molecule has 1 amide bonds. The number of carbonyl (C=O) groups excluding carboxylic acids is 1. The monoisotopic (exact) mass is 372 g/mol. The lowest BCUT2D eigenvalue weighted by molar-refractivity contribution is -0.137. The maximum atomic E-state index is 12.8. The highest BCUT2D eigenvalue weighted by molar-refractivity contribution is 6.31. The molecule has 0 fully saturated rings. The third-order valence-electron chi connectivity index (χ3n) is 3.17. The number of carbonyl (C=O) groups is 1. The molecule has 0 aliphatic carbocycles. The first-order chi connectivity index (χ1) is 11.8. The fourth-order valence-corrected chi connectivity index (χ4v) is 2.27. The van der Waals surface area contributed by atoms with Crippen LogP contribution in [0, 0.1) is 0 Å². The number of benzene rings is 2. The molecule has 25 heavy (non-hydrogen) atoms. The van der Waals surface area contributed by atoms with Crippen LogP contribution in [-0.2, 0) is 11.0 Å². The summed E-state index contributed by atoms with van der Waals surface area (Å²) in [6, 6.07) is 10.2. The molecule has 0 saturated carbocycles. The highest BCUT2D eigenvalue weighted by Crippen LogP contribution is 2.36. The van der Waals surface area contributed by atoms with Crippen molar-refractivity contribution in [3.8, 4) is 5.75 Å². The van der Waals surface area contributed by atoms with E-state index in [2.05, 4.69) is 10.6 Å². The highest BCUT2D eigenvalue weighted by Gasteiger charge is 2.33. The van der Waals surface area contributed by atoms with Crippen LogP contribution in [0.2, 0.25) is 5.02 Å². The summed E-state index contributed by atoms with van der Waals surface area (Å²) in [7, 11) is 0. The number of alkyl halides is 3. The van der Waals surface area contributed by atoms with E-state index in [1.165, 1.54) is 6.07 Å². The van der Waals surface area contributed by atoms with Crippen molar-refractivity contribution >= 4 is 28.9 Å². The Hall–Kier alpha value is -2.41. The second kappa shape index (κ2) is 8.11. The molecule has 0 saturated heterocycles. The molecule has 0 aliphatic heterocycles. The highest BCUT2D eigenvalue weighted by atomic mass is 35.5. The first-order valence-electron chi connectivity index (χ1n) is 7.43. The molecule has 2 aromatic rings. The smallest absolute Gasteiger partial charge is 0.417 e. The van der Waals surface area contributed by atoms with E-state index in [0.29, 0.717) is 18.0 Å². The molecule has 0 spiro atoms. The Labute approximate surface area is 147 Å². The standard InChI is InChI=1S/C17H16ClF3N2O2/c1-2-25-13-6-3-11(4-7-13)22-10-16(24)23-12-5-8-15(18)14(9-12)17(19,20)21/h3-9,22H,2,10H2,1H3,(H,23,24). The first kappa shape index (κ1) is 18.9. The van der Waals surface area contributed by atoms with Crippen molar-refractivity contribution in [1.29, 1.82) is 0 Å². The van der Waals surface area contributed by atoms with Gasteiger partial charge in [0.25, 0.3) is 0 Å². The molecule has 0 atom stereocenters. The van der Waals surface area contributed by atoms with E-state index in [0.717, 1.165) is 12.1 Å². The van der Waals surface area contributed by atoms with Crippen molar-refractivity contribution in [2.24, 2.45) is 0 Å². The molecule has 2 N–H and O–H groups in total. The number of nitrogens with one attached hydrogen (secondary N) is 2. The molecule has 0 unspecified atom stereocenters. The predicted octanol–water partition coefficient (Wildman–Crippen LogP) is 4.81. The third kappa shape index (κ3) is 5.56. The fraction of sp³-hybridized carbons (Fsp3) is 0.235. The lowest BCUT2D eigenvalue weighted by Gasteiger charge is -2.12. The topological polar surface area (TPSA) is 50.4 Å². The van der Waals surface area contributed by atoms with Gasteiger partial charge in [0.15, 0.2) is 0 Å². The molecule has 2 rings (SSSR count). The second-order valence-electron chi connectivity index (χ2n) is 5.05. The zero-order chi connectivity index (χ0) is 18.4. The average molecular weight is 373 g/mol. The summed E-state index contributed by atoms with van der Waals surface area (Å²) in [5.41, 5.74) is -0.285. The molecule has 0 radical (unpaired) electrons. The Morgan fingerprint density at radius 3 is 2.36 bits per heavy atom. The fourth-order valence-electron chi connectivity index (χ4n) is 2.04. The van der Waals surface area contributed by atoms with Crippen molar-refractivity contribution in [3.05, 3.63) is 53.1 Å². The predicted molar refractivity (Wildman–Crippen MR) is 91.2 cm³/mol. The van der Waals surface area contributed by atoms with E-state index in [1.807, 2.05) is 6.92 Å². The largest absolute Gasteiger partial charge is 0.494 e. The maximum Gasteiger partial charge on any atom is 0.417 e. The van der Waals surface area contributed by atoms with Gasteiger partial charge in [-0.3, -0.25) is 4.79 Å². The van der Waals surface area contributed by atoms with Crippen LogP contribution in [0.4, 0.5) is 24.5 Å². The lowest BCUT2D eigenvalue weighted by Crippen LogP contribution is -2.22. The van der Waals surface area contributed by atoms with E-state index in [-0.39, 0.29) is 12.2 Å². The van der Waals surface area contributed by atoms with Gasteiger partial charge in [0, 0.05) is 11.4 Å². The second-order valence-corrected chi connectivity index (χ2v) is 5.46. The molecular formula is C17H16ClF3N2O2. The molecule has 2 aromatic carbocycles. The van der Waals surface area contributed by atoms with Gasteiger partial charge in [-0.25, -0.2) is 0 Å². The van der Waals surface area contributed by atoms with E-state index in [4.69, 9.17) is 16.3 Å². The van der Waals surface area contributed by atoms with E-state index < -0.39 is 22.7 Å². The van der Waals surface area contributed by atoms with Gasteiger partial charge >= 0.3 is 6.18 Å². The van der Waals surface area contributed by atoms with Crippen LogP contribution < -0.4 is 15.4 Å². The Bertz CT molecular complexity index is 734. The van der Waals surface area contributed by atoms with E-state index in [9.17, 15) is 18.0 Å². The van der Waals surface area contributed by atoms with Crippen molar-refractivity contribution in [2.75, 3.05) is 23.8 Å².